The molecule has 2 atom stereocenters. The Morgan fingerprint density at radius 1 is 1.45 bits per heavy atom. The van der Waals surface area contributed by atoms with Crippen molar-refractivity contribution in [3.63, 3.8) is 0 Å². The van der Waals surface area contributed by atoms with Crippen LogP contribution in [0, 0.1) is 5.82 Å². The van der Waals surface area contributed by atoms with Crippen molar-refractivity contribution < 1.29 is 12.8 Å². The summed E-state index contributed by atoms with van der Waals surface area (Å²) in [7, 11) is -3.80. The molecule has 0 radical (unpaired) electrons. The highest BCUT2D eigenvalue weighted by molar-refractivity contribution is 9.10. The molecule has 112 valence electrons. The molecule has 0 bridgehead atoms. The fraction of sp³-hybridized carbons (Fsp3) is 0.538. The summed E-state index contributed by atoms with van der Waals surface area (Å²) in [6.45, 7) is 2.06. The van der Waals surface area contributed by atoms with Gasteiger partial charge in [-0.1, -0.05) is 29.3 Å². The fourth-order valence-corrected chi connectivity index (χ4v) is 5.42. The molecular weight excluding hydrogens is 365 g/mol. The van der Waals surface area contributed by atoms with E-state index in [1.54, 1.807) is 11.8 Å². The second-order valence-corrected chi connectivity index (χ2v) is 8.84. The highest BCUT2D eigenvalue weighted by atomic mass is 79.9. The SMILES string of the molecule is CCSC1CCCC1NS(=O)(=O)c1ccc(Br)cc1F. The maximum absolute atomic E-state index is 13.8. The lowest BCUT2D eigenvalue weighted by Gasteiger charge is -2.20. The third-order valence-electron chi connectivity index (χ3n) is 3.32. The molecule has 7 heteroatoms. The maximum Gasteiger partial charge on any atom is 0.243 e. The van der Waals surface area contributed by atoms with Gasteiger partial charge in [0, 0.05) is 15.8 Å². The van der Waals surface area contributed by atoms with Crippen LogP contribution in [-0.2, 0) is 10.0 Å². The molecule has 1 saturated carbocycles. The first-order valence-corrected chi connectivity index (χ1v) is 9.85. The smallest absolute Gasteiger partial charge is 0.207 e. The Hall–Kier alpha value is -0.110. The van der Waals surface area contributed by atoms with E-state index in [9.17, 15) is 12.8 Å². The zero-order valence-electron chi connectivity index (χ0n) is 11.1. The molecular formula is C13H17BrFNO2S2. The van der Waals surface area contributed by atoms with E-state index in [4.69, 9.17) is 0 Å². The first-order valence-electron chi connectivity index (χ1n) is 6.53. The van der Waals surface area contributed by atoms with Crippen LogP contribution >= 0.6 is 27.7 Å². The number of sulfonamides is 1. The normalized spacial score (nSPS) is 23.1. The molecule has 1 N–H and O–H groups in total. The fourth-order valence-electron chi connectivity index (χ4n) is 2.43. The molecule has 0 aliphatic heterocycles. The molecule has 1 aliphatic rings. The van der Waals surface area contributed by atoms with Crippen LogP contribution in [0.15, 0.2) is 27.6 Å². The molecule has 1 aromatic rings. The van der Waals surface area contributed by atoms with E-state index in [2.05, 4.69) is 27.6 Å². The molecule has 0 saturated heterocycles. The van der Waals surface area contributed by atoms with Gasteiger partial charge in [-0.25, -0.2) is 17.5 Å². The van der Waals surface area contributed by atoms with Crippen LogP contribution < -0.4 is 4.72 Å². The van der Waals surface area contributed by atoms with Crippen LogP contribution in [0.25, 0.3) is 0 Å². The third kappa shape index (κ3) is 3.75. The van der Waals surface area contributed by atoms with Crippen molar-refractivity contribution >= 4 is 37.7 Å². The van der Waals surface area contributed by atoms with E-state index in [1.165, 1.54) is 18.2 Å². The molecule has 1 aromatic carbocycles. The lowest BCUT2D eigenvalue weighted by Crippen LogP contribution is -2.39. The summed E-state index contributed by atoms with van der Waals surface area (Å²) in [5.41, 5.74) is 0. The van der Waals surface area contributed by atoms with Crippen molar-refractivity contribution in [1.29, 1.82) is 0 Å². The highest BCUT2D eigenvalue weighted by Crippen LogP contribution is 2.31. The van der Waals surface area contributed by atoms with Crippen molar-refractivity contribution in [2.45, 2.75) is 42.4 Å². The average molecular weight is 382 g/mol. The standard InChI is InChI=1S/C13H17BrFNO2S2/c1-2-19-12-5-3-4-11(12)16-20(17,18)13-7-6-9(14)8-10(13)15/h6-8,11-12,16H,2-5H2,1H3. The molecule has 0 heterocycles. The third-order valence-corrected chi connectivity index (χ3v) is 6.67. The molecule has 2 rings (SSSR count). The summed E-state index contributed by atoms with van der Waals surface area (Å²) in [6, 6.07) is 3.89. The van der Waals surface area contributed by atoms with Crippen LogP contribution in [0.3, 0.4) is 0 Å². The number of hydrogen-bond acceptors (Lipinski definition) is 3. The number of nitrogens with one attached hydrogen (secondary N) is 1. The van der Waals surface area contributed by atoms with Crippen molar-refractivity contribution in [3.05, 3.63) is 28.5 Å². The van der Waals surface area contributed by atoms with Crippen molar-refractivity contribution in [1.82, 2.24) is 4.72 Å². The topological polar surface area (TPSA) is 46.2 Å². The highest BCUT2D eigenvalue weighted by Gasteiger charge is 2.32. The molecule has 2 unspecified atom stereocenters. The predicted molar refractivity (Wildman–Crippen MR) is 84.0 cm³/mol. The van der Waals surface area contributed by atoms with Gasteiger partial charge in [-0.2, -0.15) is 11.8 Å². The minimum absolute atomic E-state index is 0.104. The summed E-state index contributed by atoms with van der Waals surface area (Å²) >= 11 is 4.88. The second kappa shape index (κ2) is 6.77. The average Bonchev–Trinajstić information content (AvgIpc) is 2.76. The van der Waals surface area contributed by atoms with Crippen LogP contribution in [-0.4, -0.2) is 25.5 Å². The van der Waals surface area contributed by atoms with Gasteiger partial charge in [0.2, 0.25) is 10.0 Å². The molecule has 1 aliphatic carbocycles. The van der Waals surface area contributed by atoms with E-state index in [0.717, 1.165) is 25.0 Å². The summed E-state index contributed by atoms with van der Waals surface area (Å²) in [6.07, 6.45) is 2.83. The minimum Gasteiger partial charge on any atom is -0.207 e. The van der Waals surface area contributed by atoms with Gasteiger partial charge in [-0.3, -0.25) is 0 Å². The number of hydrogen-bond donors (Lipinski definition) is 1. The first kappa shape index (κ1) is 16.3. The van der Waals surface area contributed by atoms with Crippen LogP contribution in [0.4, 0.5) is 4.39 Å². The van der Waals surface area contributed by atoms with Crippen molar-refractivity contribution in [3.8, 4) is 0 Å². The summed E-state index contributed by atoms with van der Waals surface area (Å²) in [5, 5.41) is 0.285. The van der Waals surface area contributed by atoms with Crippen molar-refractivity contribution in [2.75, 3.05) is 5.75 Å². The van der Waals surface area contributed by atoms with E-state index < -0.39 is 15.8 Å². The van der Waals surface area contributed by atoms with E-state index in [-0.39, 0.29) is 16.2 Å². The molecule has 3 nitrogen and oxygen atoms in total. The van der Waals surface area contributed by atoms with Gasteiger partial charge in [0.05, 0.1) is 0 Å². The number of rotatable bonds is 5. The molecule has 1 fully saturated rings. The van der Waals surface area contributed by atoms with Gasteiger partial charge in [0.1, 0.15) is 10.7 Å². The Labute approximate surface area is 131 Å². The van der Waals surface area contributed by atoms with Gasteiger partial charge in [-0.05, 0) is 36.8 Å². The Bertz CT molecular complexity index is 580. The summed E-state index contributed by atoms with van der Waals surface area (Å²) in [4.78, 5) is -0.284. The largest absolute Gasteiger partial charge is 0.243 e. The Kier molecular flexibility index (Phi) is 5.50. The lowest BCUT2D eigenvalue weighted by molar-refractivity contribution is 0.538. The molecule has 0 aromatic heterocycles. The monoisotopic (exact) mass is 381 g/mol. The van der Waals surface area contributed by atoms with E-state index in [1.807, 2.05) is 0 Å². The maximum atomic E-state index is 13.8. The lowest BCUT2D eigenvalue weighted by atomic mass is 10.3. The zero-order valence-corrected chi connectivity index (χ0v) is 14.3. The Morgan fingerprint density at radius 2 is 2.20 bits per heavy atom. The van der Waals surface area contributed by atoms with Crippen LogP contribution in [0.5, 0.6) is 0 Å². The molecule has 0 spiro atoms. The Morgan fingerprint density at radius 3 is 2.85 bits per heavy atom. The molecule has 20 heavy (non-hydrogen) atoms. The number of benzene rings is 1. The van der Waals surface area contributed by atoms with E-state index >= 15 is 0 Å². The molecule has 0 amide bonds. The van der Waals surface area contributed by atoms with Crippen LogP contribution in [0.1, 0.15) is 26.2 Å². The summed E-state index contributed by atoms with van der Waals surface area (Å²) in [5.74, 6) is 0.222. The van der Waals surface area contributed by atoms with E-state index in [0.29, 0.717) is 4.47 Å². The van der Waals surface area contributed by atoms with Crippen molar-refractivity contribution in [2.24, 2.45) is 0 Å². The zero-order chi connectivity index (χ0) is 14.8. The van der Waals surface area contributed by atoms with Gasteiger partial charge >= 0.3 is 0 Å². The quantitative estimate of drug-likeness (QED) is 0.848. The minimum atomic E-state index is -3.80. The number of thioether (sulfide) groups is 1. The predicted octanol–water partition coefficient (Wildman–Crippen LogP) is 3.54. The Balaban J connectivity index is 2.18. The second-order valence-electron chi connectivity index (χ2n) is 4.73. The first-order chi connectivity index (χ1) is 9.44. The number of halogens is 2. The van der Waals surface area contributed by atoms with Gasteiger partial charge in [0.15, 0.2) is 0 Å². The van der Waals surface area contributed by atoms with Gasteiger partial charge in [0.25, 0.3) is 0 Å². The van der Waals surface area contributed by atoms with Gasteiger partial charge in [-0.15, -0.1) is 0 Å². The van der Waals surface area contributed by atoms with Gasteiger partial charge < -0.3 is 0 Å². The van der Waals surface area contributed by atoms with Crippen LogP contribution in [0.2, 0.25) is 0 Å². The summed E-state index contributed by atoms with van der Waals surface area (Å²) < 4.78 is 41.6.